The molecule has 2 aliphatic heterocycles. The fraction of sp³-hybridized carbons (Fsp3) is 0.364. The number of benzene rings is 2. The average molecular weight is 396 g/mol. The Labute approximate surface area is 169 Å². The van der Waals surface area contributed by atoms with Gasteiger partial charge in [-0.3, -0.25) is 9.59 Å². The molecule has 2 heterocycles. The summed E-state index contributed by atoms with van der Waals surface area (Å²) in [7, 11) is 2.12. The van der Waals surface area contributed by atoms with E-state index in [1.54, 1.807) is 6.07 Å². The number of hydrogen-bond acceptors (Lipinski definition) is 4. The number of nitrogens with zero attached hydrogens (tertiary/aromatic N) is 2. The highest BCUT2D eigenvalue weighted by atomic mass is 19.1. The molecule has 152 valence electrons. The number of hydrogen-bond donors (Lipinski definition) is 2. The number of likely N-dealkylation sites (N-methyl/N-ethyl adjacent to an activating group) is 1. The van der Waals surface area contributed by atoms with Crippen molar-refractivity contribution in [3.63, 3.8) is 0 Å². The van der Waals surface area contributed by atoms with Crippen molar-refractivity contribution in [2.75, 3.05) is 48.8 Å². The Hall–Kier alpha value is -2.93. The third-order valence-electron chi connectivity index (χ3n) is 5.71. The molecule has 0 aliphatic carbocycles. The average Bonchev–Trinajstić information content (AvgIpc) is 2.69. The van der Waals surface area contributed by atoms with Crippen LogP contribution in [0.3, 0.4) is 0 Å². The maximum Gasteiger partial charge on any atom is 0.232 e. The van der Waals surface area contributed by atoms with Gasteiger partial charge in [-0.1, -0.05) is 6.07 Å². The first kappa shape index (κ1) is 19.4. The number of carbonyl (C=O) groups excluding carboxylic acids is 2. The molecule has 1 atom stereocenters. The van der Waals surface area contributed by atoms with Crippen LogP contribution in [0.1, 0.15) is 23.5 Å². The number of rotatable bonds is 3. The van der Waals surface area contributed by atoms with E-state index in [1.165, 1.54) is 12.1 Å². The molecule has 2 aliphatic rings. The minimum Gasteiger partial charge on any atom is -0.369 e. The van der Waals surface area contributed by atoms with Gasteiger partial charge in [0, 0.05) is 49.7 Å². The van der Waals surface area contributed by atoms with Crippen molar-refractivity contribution in [3.8, 4) is 0 Å². The molecule has 0 radical (unpaired) electrons. The summed E-state index contributed by atoms with van der Waals surface area (Å²) >= 11 is 0. The number of carbonyl (C=O) groups is 2. The lowest BCUT2D eigenvalue weighted by Crippen LogP contribution is -2.44. The van der Waals surface area contributed by atoms with Crippen molar-refractivity contribution in [1.82, 2.24) is 4.90 Å². The summed E-state index contributed by atoms with van der Waals surface area (Å²) in [6.07, 6.45) is 0.0445. The predicted molar refractivity (Wildman–Crippen MR) is 112 cm³/mol. The number of piperazine rings is 1. The van der Waals surface area contributed by atoms with Gasteiger partial charge in [0.2, 0.25) is 11.8 Å². The Balaban J connectivity index is 1.51. The SMILES string of the molecule is Cc1cc(N2CCN(C)CC2)ccc1NC(=O)[C@H]1CC(=O)Nc2cc(F)ccc21. The van der Waals surface area contributed by atoms with Crippen molar-refractivity contribution < 1.29 is 14.0 Å². The van der Waals surface area contributed by atoms with Crippen LogP contribution in [0.5, 0.6) is 0 Å². The highest BCUT2D eigenvalue weighted by Crippen LogP contribution is 2.34. The third kappa shape index (κ3) is 4.10. The first-order chi connectivity index (χ1) is 13.9. The largest absolute Gasteiger partial charge is 0.369 e. The van der Waals surface area contributed by atoms with E-state index in [2.05, 4.69) is 33.5 Å². The van der Waals surface area contributed by atoms with E-state index in [1.807, 2.05) is 19.1 Å². The van der Waals surface area contributed by atoms with Gasteiger partial charge in [-0.05, 0) is 55.4 Å². The van der Waals surface area contributed by atoms with Gasteiger partial charge in [0.15, 0.2) is 0 Å². The second-order valence-electron chi connectivity index (χ2n) is 7.82. The van der Waals surface area contributed by atoms with Crippen molar-refractivity contribution in [2.45, 2.75) is 19.3 Å². The van der Waals surface area contributed by atoms with Crippen molar-refractivity contribution in [1.29, 1.82) is 0 Å². The van der Waals surface area contributed by atoms with E-state index in [-0.39, 0.29) is 18.2 Å². The zero-order valence-corrected chi connectivity index (χ0v) is 16.7. The van der Waals surface area contributed by atoms with Gasteiger partial charge in [-0.15, -0.1) is 0 Å². The summed E-state index contributed by atoms with van der Waals surface area (Å²) < 4.78 is 13.5. The van der Waals surface area contributed by atoms with Gasteiger partial charge in [0.1, 0.15) is 5.82 Å². The summed E-state index contributed by atoms with van der Waals surface area (Å²) in [5.74, 6) is -1.63. The highest BCUT2D eigenvalue weighted by molar-refractivity contribution is 6.05. The van der Waals surface area contributed by atoms with Crippen LogP contribution in [-0.2, 0) is 9.59 Å². The molecule has 2 aromatic rings. The fourth-order valence-corrected chi connectivity index (χ4v) is 3.94. The van der Waals surface area contributed by atoms with Crippen LogP contribution < -0.4 is 15.5 Å². The molecule has 0 bridgehead atoms. The van der Waals surface area contributed by atoms with Crippen LogP contribution in [-0.4, -0.2) is 49.9 Å². The predicted octanol–water partition coefficient (Wildman–Crippen LogP) is 2.95. The fourth-order valence-electron chi connectivity index (χ4n) is 3.94. The Morgan fingerprint density at radius 3 is 2.62 bits per heavy atom. The van der Waals surface area contributed by atoms with E-state index >= 15 is 0 Å². The Bertz CT molecular complexity index is 954. The van der Waals surface area contributed by atoms with Crippen molar-refractivity contribution >= 4 is 28.9 Å². The highest BCUT2D eigenvalue weighted by Gasteiger charge is 2.31. The lowest BCUT2D eigenvalue weighted by Gasteiger charge is -2.34. The molecular weight excluding hydrogens is 371 g/mol. The third-order valence-corrected chi connectivity index (χ3v) is 5.71. The summed E-state index contributed by atoms with van der Waals surface area (Å²) in [6, 6.07) is 10.1. The topological polar surface area (TPSA) is 64.7 Å². The quantitative estimate of drug-likeness (QED) is 0.837. The van der Waals surface area contributed by atoms with Gasteiger partial charge < -0.3 is 20.4 Å². The zero-order valence-electron chi connectivity index (χ0n) is 16.7. The Morgan fingerprint density at radius 2 is 1.90 bits per heavy atom. The molecule has 2 amide bonds. The van der Waals surface area contributed by atoms with E-state index in [0.29, 0.717) is 11.3 Å². The van der Waals surface area contributed by atoms with Crippen LogP contribution in [0.4, 0.5) is 21.5 Å². The van der Waals surface area contributed by atoms with Gasteiger partial charge >= 0.3 is 0 Å². The summed E-state index contributed by atoms with van der Waals surface area (Å²) in [4.78, 5) is 29.6. The van der Waals surface area contributed by atoms with Crippen molar-refractivity contribution in [3.05, 3.63) is 53.3 Å². The summed E-state index contributed by atoms with van der Waals surface area (Å²) in [5.41, 5.74) is 3.84. The number of anilines is 3. The number of nitrogens with one attached hydrogen (secondary N) is 2. The van der Waals surface area contributed by atoms with Gasteiger partial charge in [0.05, 0.1) is 5.92 Å². The molecule has 29 heavy (non-hydrogen) atoms. The van der Waals surface area contributed by atoms with Crippen LogP contribution >= 0.6 is 0 Å². The monoisotopic (exact) mass is 396 g/mol. The number of aryl methyl sites for hydroxylation is 1. The molecule has 7 heteroatoms. The Kier molecular flexibility index (Phi) is 5.24. The first-order valence-electron chi connectivity index (χ1n) is 9.85. The van der Waals surface area contributed by atoms with Crippen LogP contribution in [0.25, 0.3) is 0 Å². The van der Waals surface area contributed by atoms with Gasteiger partial charge in [-0.25, -0.2) is 4.39 Å². The maximum atomic E-state index is 13.5. The molecule has 1 saturated heterocycles. The van der Waals surface area contributed by atoms with Crippen LogP contribution in [0.2, 0.25) is 0 Å². The number of halogens is 1. The maximum absolute atomic E-state index is 13.5. The first-order valence-corrected chi connectivity index (χ1v) is 9.85. The molecule has 1 fully saturated rings. The standard InChI is InChI=1S/C22H25FN4O2/c1-14-11-16(27-9-7-26(2)8-10-27)4-6-19(14)25-22(29)18-13-21(28)24-20-12-15(23)3-5-17(18)20/h3-6,11-12,18H,7-10,13H2,1-2H3,(H,24,28)(H,25,29)/t18-/m0/s1. The lowest BCUT2D eigenvalue weighted by molar-refractivity contribution is -0.123. The smallest absolute Gasteiger partial charge is 0.232 e. The summed E-state index contributed by atoms with van der Waals surface area (Å²) in [5, 5.41) is 5.59. The molecule has 2 aromatic carbocycles. The molecule has 0 spiro atoms. The Morgan fingerprint density at radius 1 is 1.14 bits per heavy atom. The molecular formula is C22H25FN4O2. The number of fused-ring (bicyclic) bond motifs is 1. The normalized spacial score (nSPS) is 19.5. The molecule has 4 rings (SSSR count). The van der Waals surface area contributed by atoms with E-state index < -0.39 is 11.7 Å². The molecule has 0 aromatic heterocycles. The van der Waals surface area contributed by atoms with Crippen molar-refractivity contribution in [2.24, 2.45) is 0 Å². The van der Waals surface area contributed by atoms with Crippen LogP contribution in [0.15, 0.2) is 36.4 Å². The molecule has 0 saturated carbocycles. The molecule has 2 N–H and O–H groups in total. The van der Waals surface area contributed by atoms with E-state index in [9.17, 15) is 14.0 Å². The lowest BCUT2D eigenvalue weighted by atomic mass is 9.89. The van der Waals surface area contributed by atoms with E-state index in [0.717, 1.165) is 43.1 Å². The molecule has 0 unspecified atom stereocenters. The summed E-state index contributed by atoms with van der Waals surface area (Å²) in [6.45, 7) is 5.98. The zero-order chi connectivity index (χ0) is 20.5. The van der Waals surface area contributed by atoms with E-state index in [4.69, 9.17) is 0 Å². The second-order valence-corrected chi connectivity index (χ2v) is 7.82. The second kappa shape index (κ2) is 7.83. The van der Waals surface area contributed by atoms with Crippen LogP contribution in [0, 0.1) is 12.7 Å². The minimum atomic E-state index is -0.643. The van der Waals surface area contributed by atoms with Gasteiger partial charge in [0.25, 0.3) is 0 Å². The minimum absolute atomic E-state index is 0.0445. The molecule has 6 nitrogen and oxygen atoms in total. The number of amides is 2. The van der Waals surface area contributed by atoms with Gasteiger partial charge in [-0.2, -0.15) is 0 Å².